The number of anilines is 1. The second-order valence-corrected chi connectivity index (χ2v) is 8.90. The van der Waals surface area contributed by atoms with Crippen molar-refractivity contribution < 1.29 is 28.9 Å². The molecule has 1 N–H and O–H groups in total. The van der Waals surface area contributed by atoms with Gasteiger partial charge in [-0.1, -0.05) is 34.8 Å². The number of methoxy groups -OCH3 is 2. The molecule has 2 amide bonds. The summed E-state index contributed by atoms with van der Waals surface area (Å²) in [4.78, 5) is 28.5. The highest BCUT2D eigenvalue weighted by Gasteiger charge is 2.46. The molecule has 0 bridgehead atoms. The van der Waals surface area contributed by atoms with E-state index in [9.17, 15) is 14.7 Å². The van der Waals surface area contributed by atoms with Gasteiger partial charge in [-0.25, -0.2) is 9.69 Å². The summed E-state index contributed by atoms with van der Waals surface area (Å²) in [5.74, 6) is 0.185. The van der Waals surface area contributed by atoms with Gasteiger partial charge >= 0.3 is 6.09 Å². The van der Waals surface area contributed by atoms with E-state index in [2.05, 4.69) is 0 Å². The van der Waals surface area contributed by atoms with Crippen LogP contribution in [0.4, 0.5) is 10.5 Å². The molecule has 11 heteroatoms. The van der Waals surface area contributed by atoms with E-state index < -0.39 is 28.8 Å². The zero-order chi connectivity index (χ0) is 20.6. The van der Waals surface area contributed by atoms with Gasteiger partial charge in [-0.15, -0.1) is 0 Å². The van der Waals surface area contributed by atoms with Gasteiger partial charge in [0.2, 0.25) is 3.79 Å². The number of rotatable bonds is 3. The van der Waals surface area contributed by atoms with Gasteiger partial charge < -0.3 is 24.2 Å². The lowest BCUT2D eigenvalue weighted by atomic mass is 10.1. The second kappa shape index (κ2) is 8.02. The average Bonchev–Trinajstić information content (AvgIpc) is 3.12. The maximum absolute atomic E-state index is 13.1. The van der Waals surface area contributed by atoms with Gasteiger partial charge in [0, 0.05) is 12.6 Å². The standard InChI is InChI=1S/C17H19Cl3N2O6/c1-26-9-6-10-13(12(7-9)27-2)22(16(25)28-8-17(18,19)20)15(24)11-4-3-5-21(11)14(10)23/h6-7,11,15,24H,3-5,8H2,1-2H3/t11-,15-/m0/s1. The van der Waals surface area contributed by atoms with E-state index in [1.54, 1.807) is 0 Å². The smallest absolute Gasteiger partial charge is 0.416 e. The molecular weight excluding hydrogens is 435 g/mol. The molecule has 154 valence electrons. The molecule has 2 heterocycles. The van der Waals surface area contributed by atoms with E-state index in [0.717, 1.165) is 4.90 Å². The number of halogens is 3. The molecule has 0 saturated carbocycles. The van der Waals surface area contributed by atoms with Crippen molar-refractivity contribution in [1.82, 2.24) is 4.90 Å². The molecule has 1 aromatic rings. The highest BCUT2D eigenvalue weighted by molar-refractivity contribution is 6.67. The lowest BCUT2D eigenvalue weighted by Gasteiger charge is -2.32. The highest BCUT2D eigenvalue weighted by atomic mass is 35.6. The van der Waals surface area contributed by atoms with Gasteiger partial charge in [0.05, 0.1) is 25.8 Å². The molecule has 3 rings (SSSR count). The molecule has 1 aromatic carbocycles. The lowest BCUT2D eigenvalue weighted by Crippen LogP contribution is -2.51. The first-order valence-corrected chi connectivity index (χ1v) is 9.59. The van der Waals surface area contributed by atoms with Crippen molar-refractivity contribution >= 4 is 52.5 Å². The Morgan fingerprint density at radius 3 is 2.61 bits per heavy atom. The Kier molecular flexibility index (Phi) is 6.05. The Balaban J connectivity index is 2.13. The largest absolute Gasteiger partial charge is 0.497 e. The number of fused-ring (bicyclic) bond motifs is 2. The number of nitrogens with zero attached hydrogens (tertiary/aromatic N) is 2. The molecule has 0 aliphatic carbocycles. The number of hydrogen-bond donors (Lipinski definition) is 1. The molecule has 2 atom stereocenters. The third-order valence-corrected chi connectivity index (χ3v) is 5.03. The first-order chi connectivity index (χ1) is 13.2. The summed E-state index contributed by atoms with van der Waals surface area (Å²) in [6.45, 7) is -0.0770. The summed E-state index contributed by atoms with van der Waals surface area (Å²) in [5, 5.41) is 11.0. The number of carbonyl (C=O) groups excluding carboxylic acids is 2. The van der Waals surface area contributed by atoms with E-state index in [1.165, 1.54) is 31.3 Å². The van der Waals surface area contributed by atoms with Gasteiger partial charge in [0.1, 0.15) is 23.8 Å². The maximum Gasteiger partial charge on any atom is 0.416 e. The molecule has 0 spiro atoms. The van der Waals surface area contributed by atoms with Crippen molar-refractivity contribution in [3.8, 4) is 11.5 Å². The van der Waals surface area contributed by atoms with E-state index in [-0.39, 0.29) is 22.9 Å². The van der Waals surface area contributed by atoms with Crippen LogP contribution in [0.2, 0.25) is 0 Å². The normalized spacial score (nSPS) is 21.7. The minimum absolute atomic E-state index is 0.0736. The zero-order valence-corrected chi connectivity index (χ0v) is 17.4. The van der Waals surface area contributed by atoms with E-state index in [4.69, 9.17) is 49.0 Å². The van der Waals surface area contributed by atoms with Gasteiger partial charge in [-0.3, -0.25) is 4.79 Å². The van der Waals surface area contributed by atoms with Crippen molar-refractivity contribution in [3.63, 3.8) is 0 Å². The van der Waals surface area contributed by atoms with E-state index in [0.29, 0.717) is 25.1 Å². The summed E-state index contributed by atoms with van der Waals surface area (Å²) in [6, 6.07) is 2.39. The Hall–Kier alpha value is -1.61. The first kappa shape index (κ1) is 21.1. The fraction of sp³-hybridized carbons (Fsp3) is 0.529. The van der Waals surface area contributed by atoms with Crippen LogP contribution in [0.5, 0.6) is 11.5 Å². The zero-order valence-electron chi connectivity index (χ0n) is 15.2. The summed E-state index contributed by atoms with van der Waals surface area (Å²) in [6.07, 6.45) is -1.11. The molecular formula is C17H19Cl3N2O6. The lowest BCUT2D eigenvalue weighted by molar-refractivity contribution is 0.0490. The van der Waals surface area contributed by atoms with E-state index in [1.807, 2.05) is 0 Å². The fourth-order valence-electron chi connectivity index (χ4n) is 3.49. The minimum atomic E-state index is -1.82. The number of ether oxygens (including phenoxy) is 3. The number of hydrogen-bond acceptors (Lipinski definition) is 6. The summed E-state index contributed by atoms with van der Waals surface area (Å²) < 4.78 is 13.9. The SMILES string of the molecule is COc1cc(OC)c2c(c1)C(=O)N1CCC[C@H]1[C@H](O)N2C(=O)OCC(Cl)(Cl)Cl. The van der Waals surface area contributed by atoms with Crippen LogP contribution in [0.1, 0.15) is 23.2 Å². The molecule has 0 aromatic heterocycles. The molecule has 1 fully saturated rings. The predicted molar refractivity (Wildman–Crippen MR) is 104 cm³/mol. The first-order valence-electron chi connectivity index (χ1n) is 8.45. The van der Waals surface area contributed by atoms with Crippen LogP contribution in [0, 0.1) is 0 Å². The van der Waals surface area contributed by atoms with Crippen molar-refractivity contribution in [2.75, 3.05) is 32.3 Å². The number of carbonyl (C=O) groups is 2. The molecule has 0 unspecified atom stereocenters. The van der Waals surface area contributed by atoms with Crippen LogP contribution in [-0.2, 0) is 4.74 Å². The number of aliphatic hydroxyl groups excluding tert-OH is 1. The quantitative estimate of drug-likeness (QED) is 0.708. The third kappa shape index (κ3) is 3.91. The van der Waals surface area contributed by atoms with Crippen molar-refractivity contribution in [2.24, 2.45) is 0 Å². The van der Waals surface area contributed by atoms with Crippen LogP contribution in [-0.4, -0.2) is 65.4 Å². The monoisotopic (exact) mass is 452 g/mol. The third-order valence-electron chi connectivity index (χ3n) is 4.70. The molecule has 8 nitrogen and oxygen atoms in total. The second-order valence-electron chi connectivity index (χ2n) is 6.39. The molecule has 28 heavy (non-hydrogen) atoms. The van der Waals surface area contributed by atoms with Gasteiger partial charge in [-0.2, -0.15) is 0 Å². The Labute approximate surface area is 176 Å². The van der Waals surface area contributed by atoms with Gasteiger partial charge in [0.25, 0.3) is 5.91 Å². The minimum Gasteiger partial charge on any atom is -0.497 e. The number of amides is 2. The van der Waals surface area contributed by atoms with Crippen LogP contribution in [0.15, 0.2) is 12.1 Å². The van der Waals surface area contributed by atoms with Crippen LogP contribution in [0.25, 0.3) is 0 Å². The summed E-state index contributed by atoms with van der Waals surface area (Å²) >= 11 is 17.0. The molecule has 2 aliphatic rings. The van der Waals surface area contributed by atoms with Gasteiger partial charge in [-0.05, 0) is 18.9 Å². The summed E-state index contributed by atoms with van der Waals surface area (Å²) in [7, 11) is 2.83. The topological polar surface area (TPSA) is 88.5 Å². The van der Waals surface area contributed by atoms with Crippen LogP contribution in [0.3, 0.4) is 0 Å². The van der Waals surface area contributed by atoms with Crippen molar-refractivity contribution in [1.29, 1.82) is 0 Å². The predicted octanol–water partition coefficient (Wildman–Crippen LogP) is 2.95. The van der Waals surface area contributed by atoms with E-state index >= 15 is 0 Å². The number of benzene rings is 1. The number of aliphatic hydroxyl groups is 1. The van der Waals surface area contributed by atoms with Crippen LogP contribution < -0.4 is 14.4 Å². The Morgan fingerprint density at radius 2 is 2.00 bits per heavy atom. The number of alkyl halides is 3. The highest BCUT2D eigenvalue weighted by Crippen LogP contribution is 2.43. The van der Waals surface area contributed by atoms with Crippen molar-refractivity contribution in [2.45, 2.75) is 28.9 Å². The average molecular weight is 454 g/mol. The Bertz CT molecular complexity index is 785. The van der Waals surface area contributed by atoms with Crippen molar-refractivity contribution in [3.05, 3.63) is 17.7 Å². The van der Waals surface area contributed by atoms with Crippen LogP contribution >= 0.6 is 34.8 Å². The fourth-order valence-corrected chi connectivity index (χ4v) is 3.66. The molecule has 2 aliphatic heterocycles. The molecule has 0 radical (unpaired) electrons. The summed E-state index contributed by atoms with van der Waals surface area (Å²) in [5.41, 5.74) is 0.218. The molecule has 1 saturated heterocycles. The Morgan fingerprint density at radius 1 is 1.29 bits per heavy atom. The maximum atomic E-state index is 13.1. The van der Waals surface area contributed by atoms with Gasteiger partial charge in [0.15, 0.2) is 6.23 Å².